The third-order valence-electron chi connectivity index (χ3n) is 5.12. The maximum Gasteiger partial charge on any atom is 0.171 e. The van der Waals surface area contributed by atoms with Gasteiger partial charge in [0.1, 0.15) is 25.7 Å². The van der Waals surface area contributed by atoms with Gasteiger partial charge in [0.2, 0.25) is 0 Å². The fraction of sp³-hybridized carbons (Fsp3) is 0.409. The minimum absolute atomic E-state index is 0.170. The van der Waals surface area contributed by atoms with E-state index in [-0.39, 0.29) is 6.04 Å². The number of hydrogen-bond acceptors (Lipinski definition) is 2. The Morgan fingerprint density at radius 3 is 2.41 bits per heavy atom. The second-order valence-electron chi connectivity index (χ2n) is 7.45. The van der Waals surface area contributed by atoms with Gasteiger partial charge in [-0.3, -0.25) is 0 Å². The molecule has 3 rings (SSSR count). The third kappa shape index (κ3) is 5.76. The zero-order valence-electron chi connectivity index (χ0n) is 16.5. The lowest BCUT2D eigenvalue weighted by Crippen LogP contribution is -3.14. The van der Waals surface area contributed by atoms with E-state index in [1.54, 1.807) is 4.90 Å². The topological polar surface area (TPSA) is 37.7 Å². The Morgan fingerprint density at radius 1 is 1.04 bits per heavy atom. The molecule has 0 aromatic heterocycles. The standard InChI is InChI=1S/C22H29N3OS/c1-16-5-8-19(9-6-16)21(15-25-10-12-26-13-11-25)24-22(27)23-20-14-17(2)4-7-18(20)3/h4-9,14,21H,10-13,15H2,1-3H3,(H2,23,24,27)/p+1/t21-/m1/s1. The van der Waals surface area contributed by atoms with Gasteiger partial charge >= 0.3 is 0 Å². The van der Waals surface area contributed by atoms with Gasteiger partial charge in [-0.1, -0.05) is 42.0 Å². The second kappa shape index (κ2) is 9.31. The van der Waals surface area contributed by atoms with Crippen molar-refractivity contribution in [1.82, 2.24) is 5.32 Å². The molecule has 1 aliphatic heterocycles. The molecular formula is C22H30N3OS+. The summed E-state index contributed by atoms with van der Waals surface area (Å²) in [4.78, 5) is 1.55. The molecule has 0 bridgehead atoms. The summed E-state index contributed by atoms with van der Waals surface area (Å²) in [6, 6.07) is 15.3. The maximum atomic E-state index is 5.65. The number of aryl methyl sites for hydroxylation is 3. The summed E-state index contributed by atoms with van der Waals surface area (Å²) in [6.07, 6.45) is 0. The van der Waals surface area contributed by atoms with Gasteiger partial charge in [0.05, 0.1) is 13.2 Å². The van der Waals surface area contributed by atoms with Crippen LogP contribution in [-0.2, 0) is 4.74 Å². The molecule has 0 saturated carbocycles. The van der Waals surface area contributed by atoms with Crippen LogP contribution in [0.3, 0.4) is 0 Å². The van der Waals surface area contributed by atoms with Crippen LogP contribution >= 0.6 is 12.2 Å². The van der Waals surface area contributed by atoms with Crippen molar-refractivity contribution in [3.05, 3.63) is 64.7 Å². The quantitative estimate of drug-likeness (QED) is 0.693. The molecule has 5 heteroatoms. The van der Waals surface area contributed by atoms with E-state index in [4.69, 9.17) is 17.0 Å². The van der Waals surface area contributed by atoms with E-state index < -0.39 is 0 Å². The van der Waals surface area contributed by atoms with Gasteiger partial charge < -0.3 is 20.3 Å². The molecule has 3 N–H and O–H groups in total. The average Bonchev–Trinajstić information content (AvgIpc) is 2.66. The van der Waals surface area contributed by atoms with Gasteiger partial charge in [0.15, 0.2) is 5.11 Å². The fourth-order valence-electron chi connectivity index (χ4n) is 3.39. The number of rotatable bonds is 5. The normalized spacial score (nSPS) is 16.0. The van der Waals surface area contributed by atoms with Crippen LogP contribution in [0.15, 0.2) is 42.5 Å². The number of morpholine rings is 1. The van der Waals surface area contributed by atoms with E-state index in [0.717, 1.165) is 38.5 Å². The Kier molecular flexibility index (Phi) is 6.83. The predicted octanol–water partition coefficient (Wildman–Crippen LogP) is 2.55. The molecule has 1 saturated heterocycles. The summed E-state index contributed by atoms with van der Waals surface area (Å²) in [5.74, 6) is 0. The first-order valence-corrected chi connectivity index (χ1v) is 10.0. The molecule has 1 fully saturated rings. The van der Waals surface area contributed by atoms with E-state index in [0.29, 0.717) is 5.11 Å². The third-order valence-corrected chi connectivity index (χ3v) is 5.34. The van der Waals surface area contributed by atoms with Gasteiger partial charge in [-0.05, 0) is 55.7 Å². The molecule has 2 aromatic carbocycles. The Bertz CT molecular complexity index is 770. The van der Waals surface area contributed by atoms with E-state index in [1.165, 1.54) is 22.3 Å². The van der Waals surface area contributed by atoms with Gasteiger partial charge in [-0.2, -0.15) is 0 Å². The Labute approximate surface area is 167 Å². The number of hydrogen-bond donors (Lipinski definition) is 3. The summed E-state index contributed by atoms with van der Waals surface area (Å²) in [6.45, 7) is 11.1. The second-order valence-corrected chi connectivity index (χ2v) is 7.85. The molecule has 0 radical (unpaired) electrons. The number of nitrogens with one attached hydrogen (secondary N) is 3. The Morgan fingerprint density at radius 2 is 1.70 bits per heavy atom. The van der Waals surface area contributed by atoms with Gasteiger partial charge in [0, 0.05) is 5.69 Å². The van der Waals surface area contributed by atoms with Crippen LogP contribution in [0.2, 0.25) is 0 Å². The van der Waals surface area contributed by atoms with Crippen LogP contribution in [0.1, 0.15) is 28.3 Å². The molecule has 0 unspecified atom stereocenters. The maximum absolute atomic E-state index is 5.65. The highest BCUT2D eigenvalue weighted by Gasteiger charge is 2.22. The summed E-state index contributed by atoms with van der Waals surface area (Å²) in [5.41, 5.74) is 6.01. The smallest absolute Gasteiger partial charge is 0.171 e. The highest BCUT2D eigenvalue weighted by Crippen LogP contribution is 2.17. The molecule has 4 nitrogen and oxygen atoms in total. The van der Waals surface area contributed by atoms with E-state index >= 15 is 0 Å². The SMILES string of the molecule is Cc1ccc([C@@H](C[NH+]2CCOCC2)NC(=S)Nc2cc(C)ccc2C)cc1. The Hall–Kier alpha value is -1.95. The van der Waals surface area contributed by atoms with Crippen LogP contribution in [0.4, 0.5) is 5.69 Å². The summed E-state index contributed by atoms with van der Waals surface area (Å²) in [7, 11) is 0. The number of anilines is 1. The van der Waals surface area contributed by atoms with Crippen molar-refractivity contribution in [3.8, 4) is 0 Å². The van der Waals surface area contributed by atoms with Crippen molar-refractivity contribution >= 4 is 23.0 Å². The molecule has 1 atom stereocenters. The van der Waals surface area contributed by atoms with Crippen molar-refractivity contribution in [2.75, 3.05) is 38.2 Å². The van der Waals surface area contributed by atoms with Crippen molar-refractivity contribution in [2.45, 2.75) is 26.8 Å². The van der Waals surface area contributed by atoms with Crippen molar-refractivity contribution < 1.29 is 9.64 Å². The van der Waals surface area contributed by atoms with Gasteiger partial charge in [0.25, 0.3) is 0 Å². The molecule has 27 heavy (non-hydrogen) atoms. The number of thiocarbonyl (C=S) groups is 1. The predicted molar refractivity (Wildman–Crippen MR) is 116 cm³/mol. The first-order valence-electron chi connectivity index (χ1n) is 9.64. The summed E-state index contributed by atoms with van der Waals surface area (Å²) < 4.78 is 5.51. The minimum Gasteiger partial charge on any atom is -0.370 e. The van der Waals surface area contributed by atoms with E-state index in [1.807, 2.05) is 0 Å². The highest BCUT2D eigenvalue weighted by atomic mass is 32.1. The molecule has 0 spiro atoms. The number of ether oxygens (including phenoxy) is 1. The van der Waals surface area contributed by atoms with Crippen molar-refractivity contribution in [3.63, 3.8) is 0 Å². The average molecular weight is 385 g/mol. The van der Waals surface area contributed by atoms with E-state index in [2.05, 4.69) is 73.9 Å². The first kappa shape index (κ1) is 19.8. The molecule has 2 aromatic rings. The lowest BCUT2D eigenvalue weighted by Gasteiger charge is -2.29. The molecular weight excluding hydrogens is 354 g/mol. The molecule has 0 amide bonds. The fourth-order valence-corrected chi connectivity index (χ4v) is 3.64. The Balaban J connectivity index is 1.72. The van der Waals surface area contributed by atoms with Crippen molar-refractivity contribution in [1.29, 1.82) is 0 Å². The monoisotopic (exact) mass is 384 g/mol. The molecule has 1 aliphatic rings. The molecule has 144 valence electrons. The zero-order chi connectivity index (χ0) is 19.2. The summed E-state index contributed by atoms with van der Waals surface area (Å²) in [5, 5.41) is 7.61. The van der Waals surface area contributed by atoms with Gasteiger partial charge in [-0.25, -0.2) is 0 Å². The lowest BCUT2D eigenvalue weighted by molar-refractivity contribution is -0.909. The van der Waals surface area contributed by atoms with Crippen molar-refractivity contribution in [2.24, 2.45) is 0 Å². The van der Waals surface area contributed by atoms with Gasteiger partial charge in [-0.15, -0.1) is 0 Å². The number of quaternary nitrogens is 1. The highest BCUT2D eigenvalue weighted by molar-refractivity contribution is 7.80. The minimum atomic E-state index is 0.170. The zero-order valence-corrected chi connectivity index (χ0v) is 17.3. The molecule has 0 aliphatic carbocycles. The van der Waals surface area contributed by atoms with Crippen LogP contribution in [0.25, 0.3) is 0 Å². The first-order chi connectivity index (χ1) is 13.0. The summed E-state index contributed by atoms with van der Waals surface area (Å²) >= 11 is 5.65. The van der Waals surface area contributed by atoms with Crippen LogP contribution in [0.5, 0.6) is 0 Å². The van der Waals surface area contributed by atoms with Crippen LogP contribution in [-0.4, -0.2) is 38.0 Å². The lowest BCUT2D eigenvalue weighted by atomic mass is 10.0. The number of benzene rings is 2. The van der Waals surface area contributed by atoms with E-state index in [9.17, 15) is 0 Å². The largest absolute Gasteiger partial charge is 0.370 e. The van der Waals surface area contributed by atoms with Crippen LogP contribution in [0, 0.1) is 20.8 Å². The molecule has 1 heterocycles. The van der Waals surface area contributed by atoms with Crippen LogP contribution < -0.4 is 15.5 Å².